The normalized spacial score (nSPS) is 21.6. The summed E-state index contributed by atoms with van der Waals surface area (Å²) in [6.45, 7) is 0. The highest BCUT2D eigenvalue weighted by atomic mass is 17.2. The highest BCUT2D eigenvalue weighted by molar-refractivity contribution is 5.94. The van der Waals surface area contributed by atoms with Crippen molar-refractivity contribution in [3.63, 3.8) is 0 Å². The average molecular weight is 571 g/mol. The number of hydrogen-bond acceptors (Lipinski definition) is 4. The maximum absolute atomic E-state index is 13.7. The van der Waals surface area contributed by atoms with E-state index in [2.05, 4.69) is 12.1 Å². The van der Waals surface area contributed by atoms with Gasteiger partial charge in [0.2, 0.25) is 0 Å². The molecule has 226 valence electrons. The highest BCUT2D eigenvalue weighted by Gasteiger charge is 2.32. The molecule has 0 aromatic heterocycles. The van der Waals surface area contributed by atoms with Crippen LogP contribution in [0.2, 0.25) is 0 Å². The molecular weight excluding hydrogens is 520 g/mol. The first-order valence-electron chi connectivity index (χ1n) is 17.4. The van der Waals surface area contributed by atoms with Crippen LogP contribution < -0.4 is 0 Å². The van der Waals surface area contributed by atoms with Crippen LogP contribution in [0.15, 0.2) is 36.4 Å². The van der Waals surface area contributed by atoms with Gasteiger partial charge in [-0.15, -0.1) is 0 Å². The minimum absolute atomic E-state index is 0.375. The van der Waals surface area contributed by atoms with Gasteiger partial charge in [0.25, 0.3) is 0 Å². The Morgan fingerprint density at radius 1 is 0.429 bits per heavy atom. The topological polar surface area (TPSA) is 52.6 Å². The molecule has 0 bridgehead atoms. The molecule has 42 heavy (non-hydrogen) atoms. The van der Waals surface area contributed by atoms with E-state index >= 15 is 0 Å². The first-order valence-corrected chi connectivity index (χ1v) is 17.4. The van der Waals surface area contributed by atoms with Crippen LogP contribution in [0.25, 0.3) is 0 Å². The molecule has 6 rings (SSSR count). The molecule has 0 unspecified atom stereocenters. The quantitative estimate of drug-likeness (QED) is 0.256. The summed E-state index contributed by atoms with van der Waals surface area (Å²) in [6, 6.07) is 12.3. The van der Waals surface area contributed by atoms with Gasteiger partial charge in [-0.25, -0.2) is 19.4 Å². The third-order valence-electron chi connectivity index (χ3n) is 11.0. The van der Waals surface area contributed by atoms with Crippen LogP contribution in [0.4, 0.5) is 0 Å². The number of carbonyl (C=O) groups is 2. The zero-order valence-corrected chi connectivity index (χ0v) is 25.5. The number of carbonyl (C=O) groups excluding carboxylic acids is 2. The third-order valence-corrected chi connectivity index (χ3v) is 11.0. The minimum Gasteiger partial charge on any atom is -0.241 e. The van der Waals surface area contributed by atoms with Gasteiger partial charge in [-0.3, -0.25) is 0 Å². The molecule has 4 fully saturated rings. The van der Waals surface area contributed by atoms with Gasteiger partial charge < -0.3 is 0 Å². The zero-order valence-electron chi connectivity index (χ0n) is 25.5. The monoisotopic (exact) mass is 570 g/mol. The number of rotatable bonds is 6. The zero-order chi connectivity index (χ0) is 28.7. The van der Waals surface area contributed by atoms with E-state index in [1.165, 1.54) is 125 Å². The van der Waals surface area contributed by atoms with Crippen molar-refractivity contribution in [1.82, 2.24) is 0 Å². The Hall–Kier alpha value is -2.62. The lowest BCUT2D eigenvalue weighted by atomic mass is 9.74. The summed E-state index contributed by atoms with van der Waals surface area (Å²) in [5.41, 5.74) is 6.21. The average Bonchev–Trinajstić information content (AvgIpc) is 3.08. The number of hydrogen-bond donors (Lipinski definition) is 0. The fourth-order valence-corrected chi connectivity index (χ4v) is 8.92. The third kappa shape index (κ3) is 6.63. The molecular formula is C38H50O4. The Morgan fingerprint density at radius 2 is 0.738 bits per heavy atom. The highest BCUT2D eigenvalue weighted by Crippen LogP contribution is 2.44. The molecule has 4 aliphatic rings. The molecule has 2 aromatic carbocycles. The van der Waals surface area contributed by atoms with Crippen LogP contribution in [-0.2, 0) is 9.78 Å². The molecule has 4 saturated carbocycles. The maximum atomic E-state index is 13.7. The standard InChI is InChI=1S/C38H50O4/c39-37(33-25-13-23-31(27-15-5-1-6-16-27)35(33)29-19-9-3-10-20-29)41-42-38(40)34-26-14-24-32(28-17-7-2-8-18-28)36(34)30-21-11-4-12-22-30/h13-14,23-30H,1-12,15-22H2. The summed E-state index contributed by atoms with van der Waals surface area (Å²) >= 11 is 0. The molecule has 4 nitrogen and oxygen atoms in total. The van der Waals surface area contributed by atoms with Crippen molar-refractivity contribution < 1.29 is 19.4 Å². The van der Waals surface area contributed by atoms with E-state index in [4.69, 9.17) is 9.78 Å². The van der Waals surface area contributed by atoms with Gasteiger partial charge in [0.15, 0.2) is 0 Å². The van der Waals surface area contributed by atoms with E-state index in [1.807, 2.05) is 24.3 Å². The summed E-state index contributed by atoms with van der Waals surface area (Å²) in [4.78, 5) is 38.3. The molecule has 4 heteroatoms. The van der Waals surface area contributed by atoms with Gasteiger partial charge in [0.05, 0.1) is 11.1 Å². The first kappa shape index (κ1) is 29.5. The molecule has 0 saturated heterocycles. The predicted octanol–water partition coefficient (Wildman–Crippen LogP) is 10.8. The van der Waals surface area contributed by atoms with Crippen LogP contribution in [0.3, 0.4) is 0 Å². The molecule has 0 heterocycles. The summed E-state index contributed by atoms with van der Waals surface area (Å²) in [6.07, 6.45) is 24.2. The molecule has 0 N–H and O–H groups in total. The van der Waals surface area contributed by atoms with Crippen molar-refractivity contribution in [2.45, 2.75) is 152 Å². The first-order chi connectivity index (χ1) is 20.7. The van der Waals surface area contributed by atoms with Gasteiger partial charge in [0.1, 0.15) is 0 Å². The minimum atomic E-state index is -0.524. The Balaban J connectivity index is 1.25. The summed E-state index contributed by atoms with van der Waals surface area (Å²) < 4.78 is 0. The van der Waals surface area contributed by atoms with Crippen molar-refractivity contribution >= 4 is 11.9 Å². The van der Waals surface area contributed by atoms with Gasteiger partial charge in [-0.1, -0.05) is 101 Å². The van der Waals surface area contributed by atoms with Gasteiger partial charge in [-0.2, -0.15) is 0 Å². The van der Waals surface area contributed by atoms with E-state index < -0.39 is 11.9 Å². The lowest BCUT2D eigenvalue weighted by Crippen LogP contribution is -2.21. The van der Waals surface area contributed by atoms with E-state index in [-0.39, 0.29) is 0 Å². The van der Waals surface area contributed by atoms with Crippen LogP contribution in [0.5, 0.6) is 0 Å². The molecule has 4 aliphatic carbocycles. The van der Waals surface area contributed by atoms with Crippen LogP contribution in [-0.4, -0.2) is 11.9 Å². The maximum Gasteiger partial charge on any atom is 0.386 e. The molecule has 0 spiro atoms. The van der Waals surface area contributed by atoms with Crippen LogP contribution in [0.1, 0.15) is 195 Å². The summed E-state index contributed by atoms with van der Waals surface area (Å²) in [5, 5.41) is 0. The Labute approximate surface area is 252 Å². The SMILES string of the molecule is O=C(OOC(=O)c1cccc(C2CCCCC2)c1C1CCCCC1)c1cccc(C2CCCCC2)c1C1CCCCC1. The second-order valence-electron chi connectivity index (χ2n) is 13.7. The van der Waals surface area contributed by atoms with Gasteiger partial charge in [0, 0.05) is 0 Å². The van der Waals surface area contributed by atoms with Crippen molar-refractivity contribution in [2.75, 3.05) is 0 Å². The lowest BCUT2D eigenvalue weighted by Gasteiger charge is -2.31. The Morgan fingerprint density at radius 3 is 1.07 bits per heavy atom. The second kappa shape index (κ2) is 14.2. The summed E-state index contributed by atoms with van der Waals surface area (Å²) in [5.74, 6) is 0.715. The molecule has 2 aromatic rings. The van der Waals surface area contributed by atoms with Crippen molar-refractivity contribution in [1.29, 1.82) is 0 Å². The molecule has 0 aliphatic heterocycles. The van der Waals surface area contributed by atoms with Crippen molar-refractivity contribution in [3.05, 3.63) is 69.8 Å². The fraction of sp³-hybridized carbons (Fsp3) is 0.632. The van der Waals surface area contributed by atoms with E-state index in [9.17, 15) is 9.59 Å². The van der Waals surface area contributed by atoms with E-state index in [1.54, 1.807) is 0 Å². The molecule has 0 radical (unpaired) electrons. The Bertz CT molecular complexity index is 1110. The van der Waals surface area contributed by atoms with Gasteiger partial charge in [-0.05, 0) is 109 Å². The molecule has 0 amide bonds. The van der Waals surface area contributed by atoms with Crippen molar-refractivity contribution in [2.24, 2.45) is 0 Å². The van der Waals surface area contributed by atoms with E-state index in [0.29, 0.717) is 34.8 Å². The van der Waals surface area contributed by atoms with E-state index in [0.717, 1.165) is 25.7 Å². The van der Waals surface area contributed by atoms with Crippen LogP contribution >= 0.6 is 0 Å². The van der Waals surface area contributed by atoms with Crippen molar-refractivity contribution in [3.8, 4) is 0 Å². The largest absolute Gasteiger partial charge is 0.386 e. The summed E-state index contributed by atoms with van der Waals surface area (Å²) in [7, 11) is 0. The molecule has 0 atom stereocenters. The Kier molecular flexibility index (Phi) is 9.98. The smallest absolute Gasteiger partial charge is 0.241 e. The lowest BCUT2D eigenvalue weighted by molar-refractivity contribution is -0.187. The second-order valence-corrected chi connectivity index (χ2v) is 13.7. The predicted molar refractivity (Wildman–Crippen MR) is 167 cm³/mol. The van der Waals surface area contributed by atoms with Gasteiger partial charge >= 0.3 is 11.9 Å². The number of benzene rings is 2. The van der Waals surface area contributed by atoms with Crippen LogP contribution in [0, 0.1) is 0 Å². The fourth-order valence-electron chi connectivity index (χ4n) is 8.92.